The number of anilines is 2. The molecule has 7 nitrogen and oxygen atoms in total. The molecule has 0 saturated carbocycles. The highest BCUT2D eigenvalue weighted by atomic mass is 32.1. The Morgan fingerprint density at radius 3 is 2.90 bits per heavy atom. The van der Waals surface area contributed by atoms with E-state index in [0.717, 1.165) is 28.1 Å². The van der Waals surface area contributed by atoms with E-state index in [1.165, 1.54) is 0 Å². The Morgan fingerprint density at radius 1 is 1.48 bits per heavy atom. The molecule has 21 heavy (non-hydrogen) atoms. The number of thiophene rings is 1. The molecule has 0 aromatic carbocycles. The number of aliphatic hydroxyl groups excluding tert-OH is 1. The summed E-state index contributed by atoms with van der Waals surface area (Å²) in [7, 11) is 0. The first-order valence-electron chi connectivity index (χ1n) is 6.74. The lowest BCUT2D eigenvalue weighted by molar-refractivity contribution is -0.125. The summed E-state index contributed by atoms with van der Waals surface area (Å²) in [4.78, 5) is 21.7. The van der Waals surface area contributed by atoms with Crippen LogP contribution < -0.4 is 16.4 Å². The van der Waals surface area contributed by atoms with Crippen molar-refractivity contribution in [2.75, 3.05) is 23.7 Å². The van der Waals surface area contributed by atoms with Crippen LogP contribution in [0.15, 0.2) is 6.07 Å². The number of aryl methyl sites for hydroxylation is 1. The summed E-state index contributed by atoms with van der Waals surface area (Å²) in [6.45, 7) is 4.85. The minimum Gasteiger partial charge on any atom is -0.381 e. The van der Waals surface area contributed by atoms with Gasteiger partial charge in [-0.15, -0.1) is 11.3 Å². The summed E-state index contributed by atoms with van der Waals surface area (Å²) in [5.41, 5.74) is 5.04. The van der Waals surface area contributed by atoms with Crippen LogP contribution in [0.3, 0.4) is 0 Å². The molecule has 0 spiro atoms. The van der Waals surface area contributed by atoms with Crippen molar-refractivity contribution < 1.29 is 9.90 Å². The molecule has 0 radical (unpaired) electrons. The minimum absolute atomic E-state index is 0.0174. The van der Waals surface area contributed by atoms with Gasteiger partial charge < -0.3 is 21.5 Å². The number of nitrogens with two attached hydrogens (primary N) is 1. The van der Waals surface area contributed by atoms with Crippen molar-refractivity contribution >= 4 is 39.2 Å². The molecule has 2 aromatic heterocycles. The smallest absolute Gasteiger partial charge is 0.248 e. The van der Waals surface area contributed by atoms with E-state index >= 15 is 0 Å². The highest BCUT2D eigenvalue weighted by Gasteiger charge is 2.14. The molecule has 8 heteroatoms. The van der Waals surface area contributed by atoms with Crippen LogP contribution in [-0.2, 0) is 4.79 Å². The van der Waals surface area contributed by atoms with Gasteiger partial charge in [-0.3, -0.25) is 4.79 Å². The van der Waals surface area contributed by atoms with Gasteiger partial charge >= 0.3 is 0 Å². The Balaban J connectivity index is 2.28. The molecule has 1 unspecified atom stereocenters. The molecular formula is C13H19N5O2S. The molecule has 0 saturated heterocycles. The van der Waals surface area contributed by atoms with E-state index in [4.69, 9.17) is 5.73 Å². The topological polar surface area (TPSA) is 113 Å². The van der Waals surface area contributed by atoms with E-state index in [9.17, 15) is 9.90 Å². The Morgan fingerprint density at radius 2 is 2.24 bits per heavy atom. The number of aliphatic hydroxyl groups is 1. The molecular weight excluding hydrogens is 290 g/mol. The first-order valence-corrected chi connectivity index (χ1v) is 7.56. The Hall–Kier alpha value is -1.93. The van der Waals surface area contributed by atoms with E-state index < -0.39 is 12.0 Å². The van der Waals surface area contributed by atoms with Gasteiger partial charge in [-0.2, -0.15) is 4.98 Å². The van der Waals surface area contributed by atoms with E-state index in [1.54, 1.807) is 11.3 Å². The number of rotatable bonds is 7. The Labute approximate surface area is 126 Å². The first-order chi connectivity index (χ1) is 10.0. The van der Waals surface area contributed by atoms with E-state index in [2.05, 4.69) is 27.5 Å². The van der Waals surface area contributed by atoms with Crippen molar-refractivity contribution in [3.05, 3.63) is 10.9 Å². The third kappa shape index (κ3) is 3.79. The summed E-state index contributed by atoms with van der Waals surface area (Å²) < 4.78 is 0. The molecule has 2 rings (SSSR count). The maximum absolute atomic E-state index is 10.9. The van der Waals surface area contributed by atoms with Gasteiger partial charge in [-0.25, -0.2) is 4.98 Å². The zero-order valence-corrected chi connectivity index (χ0v) is 12.8. The van der Waals surface area contributed by atoms with Crippen molar-refractivity contribution in [2.24, 2.45) is 5.73 Å². The molecule has 0 aliphatic carbocycles. The monoisotopic (exact) mass is 309 g/mol. The summed E-state index contributed by atoms with van der Waals surface area (Å²) in [5.74, 6) is 0.351. The number of carbonyl (C=O) groups is 1. The van der Waals surface area contributed by atoms with Crippen molar-refractivity contribution in [3.63, 3.8) is 0 Å². The quantitative estimate of drug-likeness (QED) is 0.609. The highest BCUT2D eigenvalue weighted by Crippen LogP contribution is 2.29. The van der Waals surface area contributed by atoms with Crippen LogP contribution in [0, 0.1) is 6.92 Å². The van der Waals surface area contributed by atoms with Crippen molar-refractivity contribution in [3.8, 4) is 0 Å². The molecule has 114 valence electrons. The average Bonchev–Trinajstić information content (AvgIpc) is 2.82. The second kappa shape index (κ2) is 6.68. The number of carbonyl (C=O) groups excluding carboxylic acids is 1. The molecule has 5 N–H and O–H groups in total. The molecule has 2 aromatic rings. The van der Waals surface area contributed by atoms with Gasteiger partial charge in [0.15, 0.2) is 0 Å². The molecule has 0 aliphatic heterocycles. The van der Waals surface area contributed by atoms with E-state index in [-0.39, 0.29) is 6.54 Å². The number of fused-ring (bicyclic) bond motifs is 1. The molecule has 1 atom stereocenters. The van der Waals surface area contributed by atoms with Crippen molar-refractivity contribution in [1.82, 2.24) is 9.97 Å². The van der Waals surface area contributed by atoms with Crippen molar-refractivity contribution in [2.45, 2.75) is 26.4 Å². The summed E-state index contributed by atoms with van der Waals surface area (Å²) in [6.07, 6.45) is -0.282. The van der Waals surface area contributed by atoms with Gasteiger partial charge in [0.25, 0.3) is 0 Å². The lowest BCUT2D eigenvalue weighted by Gasteiger charge is -2.11. The maximum Gasteiger partial charge on any atom is 0.248 e. The fourth-order valence-electron chi connectivity index (χ4n) is 1.79. The molecule has 0 aliphatic rings. The third-order valence-electron chi connectivity index (χ3n) is 2.84. The molecule has 0 fully saturated rings. The number of nitrogens with one attached hydrogen (secondary N) is 2. The fourth-order valence-corrected chi connectivity index (χ4v) is 2.67. The van der Waals surface area contributed by atoms with Gasteiger partial charge in [0, 0.05) is 11.4 Å². The summed E-state index contributed by atoms with van der Waals surface area (Å²) in [5, 5.41) is 16.5. The first kappa shape index (κ1) is 15.5. The van der Waals surface area contributed by atoms with Crippen LogP contribution >= 0.6 is 11.3 Å². The van der Waals surface area contributed by atoms with Crippen molar-refractivity contribution in [1.29, 1.82) is 0 Å². The number of hydrogen-bond acceptors (Lipinski definition) is 7. The maximum atomic E-state index is 10.9. The predicted molar refractivity (Wildman–Crippen MR) is 84.6 cm³/mol. The third-order valence-corrected chi connectivity index (χ3v) is 3.78. The standard InChI is InChI=1S/C13H19N5O2S/c1-3-4-15-13-17-11(16-6-9(19)10(14)20)8-5-7(2)21-12(8)18-13/h5,9,19H,3-4,6H2,1-2H3,(H2,14,20)(H2,15,16,17,18). The lowest BCUT2D eigenvalue weighted by atomic mass is 10.3. The SMILES string of the molecule is CCCNc1nc(NCC(O)C(N)=O)c2cc(C)sc2n1. The predicted octanol–water partition coefficient (Wildman–Crippen LogP) is 1.08. The normalized spacial score (nSPS) is 12.3. The second-order valence-electron chi connectivity index (χ2n) is 4.70. The van der Waals surface area contributed by atoms with E-state index in [1.807, 2.05) is 13.0 Å². The zero-order valence-electron chi connectivity index (χ0n) is 12.0. The largest absolute Gasteiger partial charge is 0.381 e. The number of nitrogens with zero attached hydrogens (tertiary/aromatic N) is 2. The Kier molecular flexibility index (Phi) is 4.92. The van der Waals surface area contributed by atoms with Crippen LogP contribution in [0.5, 0.6) is 0 Å². The van der Waals surface area contributed by atoms with Crippen LogP contribution in [0.4, 0.5) is 11.8 Å². The van der Waals surface area contributed by atoms with Crippen LogP contribution in [-0.4, -0.2) is 40.2 Å². The molecule has 2 heterocycles. The van der Waals surface area contributed by atoms with Crippen LogP contribution in [0.1, 0.15) is 18.2 Å². The fraction of sp³-hybridized carbons (Fsp3) is 0.462. The van der Waals surface area contributed by atoms with Gasteiger partial charge in [0.05, 0.1) is 11.9 Å². The van der Waals surface area contributed by atoms with Gasteiger partial charge in [0.2, 0.25) is 11.9 Å². The summed E-state index contributed by atoms with van der Waals surface area (Å²) in [6, 6.07) is 1.97. The number of hydrogen-bond donors (Lipinski definition) is 4. The van der Waals surface area contributed by atoms with Gasteiger partial charge in [-0.1, -0.05) is 6.92 Å². The van der Waals surface area contributed by atoms with Gasteiger partial charge in [-0.05, 0) is 19.4 Å². The second-order valence-corrected chi connectivity index (χ2v) is 5.93. The number of primary amides is 1. The van der Waals surface area contributed by atoms with Gasteiger partial charge in [0.1, 0.15) is 16.8 Å². The Bertz CT molecular complexity index is 643. The average molecular weight is 309 g/mol. The van der Waals surface area contributed by atoms with Crippen LogP contribution in [0.2, 0.25) is 0 Å². The minimum atomic E-state index is -1.25. The molecule has 0 bridgehead atoms. The number of aromatic nitrogens is 2. The zero-order chi connectivity index (χ0) is 15.4. The number of amides is 1. The van der Waals surface area contributed by atoms with Crippen LogP contribution in [0.25, 0.3) is 10.2 Å². The lowest BCUT2D eigenvalue weighted by Crippen LogP contribution is -2.34. The highest BCUT2D eigenvalue weighted by molar-refractivity contribution is 7.18. The van der Waals surface area contributed by atoms with E-state index in [0.29, 0.717) is 11.8 Å². The summed E-state index contributed by atoms with van der Waals surface area (Å²) >= 11 is 1.57. The molecule has 1 amide bonds.